The molecule has 0 saturated heterocycles. The fourth-order valence-corrected chi connectivity index (χ4v) is 3.13. The van der Waals surface area contributed by atoms with Gasteiger partial charge in [-0.3, -0.25) is 9.71 Å². The first kappa shape index (κ1) is 15.4. The van der Waals surface area contributed by atoms with E-state index in [4.69, 9.17) is 5.11 Å². The van der Waals surface area contributed by atoms with Gasteiger partial charge >= 0.3 is 0 Å². The highest BCUT2D eigenvalue weighted by Gasteiger charge is 2.18. The third-order valence-electron chi connectivity index (χ3n) is 3.05. The maximum Gasteiger partial charge on any atom is 0.261 e. The third kappa shape index (κ3) is 3.20. The Labute approximate surface area is 122 Å². The molecule has 1 aromatic heterocycles. The fourth-order valence-electron chi connectivity index (χ4n) is 1.87. The monoisotopic (exact) mass is 310 g/mol. The van der Waals surface area contributed by atoms with Gasteiger partial charge in [-0.1, -0.05) is 0 Å². The van der Waals surface area contributed by atoms with Crippen molar-refractivity contribution in [2.75, 3.05) is 4.72 Å². The molecule has 0 saturated carbocycles. The highest BCUT2D eigenvalue weighted by molar-refractivity contribution is 7.92. The lowest BCUT2D eigenvalue weighted by Crippen LogP contribution is -2.15. The molecule has 0 unspecified atom stereocenters. The summed E-state index contributed by atoms with van der Waals surface area (Å²) < 4.78 is 40.8. The lowest BCUT2D eigenvalue weighted by Gasteiger charge is -2.12. The van der Waals surface area contributed by atoms with Gasteiger partial charge in [-0.2, -0.15) is 0 Å². The number of aromatic nitrogens is 1. The number of aliphatic hydroxyl groups excluding tert-OH is 1. The Bertz CT molecular complexity index is 776. The minimum Gasteiger partial charge on any atom is -0.392 e. The van der Waals surface area contributed by atoms with Crippen molar-refractivity contribution in [2.45, 2.75) is 25.3 Å². The zero-order valence-electron chi connectivity index (χ0n) is 11.6. The van der Waals surface area contributed by atoms with Crippen molar-refractivity contribution < 1.29 is 17.9 Å². The summed E-state index contributed by atoms with van der Waals surface area (Å²) in [4.78, 5) is 3.79. The Kier molecular flexibility index (Phi) is 4.24. The standard InChI is InChI=1S/C14H15FN2O3S/c1-9-5-12(6-11(8-18)14(9)15)21(19,20)17-13-3-4-16-7-10(13)2/h3-7,18H,8H2,1-2H3,(H,16,17). The zero-order valence-corrected chi connectivity index (χ0v) is 12.4. The van der Waals surface area contributed by atoms with Gasteiger partial charge in [0.15, 0.2) is 0 Å². The molecule has 0 fully saturated rings. The fraction of sp³-hybridized carbons (Fsp3) is 0.214. The van der Waals surface area contributed by atoms with Gasteiger partial charge in [0.1, 0.15) is 5.82 Å². The molecule has 112 valence electrons. The Morgan fingerprint density at radius 2 is 2.00 bits per heavy atom. The molecular formula is C14H15FN2O3S. The predicted octanol–water partition coefficient (Wildman–Crippen LogP) is 2.13. The number of sulfonamides is 1. The number of hydrogen-bond acceptors (Lipinski definition) is 4. The quantitative estimate of drug-likeness (QED) is 0.906. The van der Waals surface area contributed by atoms with Crippen LogP contribution < -0.4 is 4.72 Å². The molecule has 0 radical (unpaired) electrons. The average molecular weight is 310 g/mol. The molecule has 0 spiro atoms. The van der Waals surface area contributed by atoms with Crippen molar-refractivity contribution in [3.63, 3.8) is 0 Å². The molecule has 2 aromatic rings. The van der Waals surface area contributed by atoms with Crippen molar-refractivity contribution in [3.05, 3.63) is 53.1 Å². The number of pyridine rings is 1. The summed E-state index contributed by atoms with van der Waals surface area (Å²) in [6, 6.07) is 3.89. The number of rotatable bonds is 4. The molecule has 7 heteroatoms. The van der Waals surface area contributed by atoms with E-state index in [0.717, 1.165) is 6.07 Å². The molecule has 1 heterocycles. The zero-order chi connectivity index (χ0) is 15.6. The van der Waals surface area contributed by atoms with Crippen molar-refractivity contribution >= 4 is 15.7 Å². The Morgan fingerprint density at radius 3 is 2.62 bits per heavy atom. The molecule has 0 amide bonds. The van der Waals surface area contributed by atoms with Gasteiger partial charge in [0.05, 0.1) is 17.2 Å². The number of hydrogen-bond donors (Lipinski definition) is 2. The number of nitrogens with zero attached hydrogens (tertiary/aromatic N) is 1. The van der Waals surface area contributed by atoms with Crippen LogP contribution in [0.5, 0.6) is 0 Å². The summed E-state index contributed by atoms with van der Waals surface area (Å²) in [6.45, 7) is 2.61. The number of nitrogens with one attached hydrogen (secondary N) is 1. The largest absolute Gasteiger partial charge is 0.392 e. The second-order valence-corrected chi connectivity index (χ2v) is 6.35. The summed E-state index contributed by atoms with van der Waals surface area (Å²) >= 11 is 0. The lowest BCUT2D eigenvalue weighted by molar-refractivity contribution is 0.275. The normalized spacial score (nSPS) is 11.4. The summed E-state index contributed by atoms with van der Waals surface area (Å²) in [6.07, 6.45) is 3.01. The van der Waals surface area contributed by atoms with Crippen LogP contribution in [0.25, 0.3) is 0 Å². The minimum atomic E-state index is -3.86. The van der Waals surface area contributed by atoms with Crippen LogP contribution in [-0.4, -0.2) is 18.5 Å². The molecule has 5 nitrogen and oxygen atoms in total. The third-order valence-corrected chi connectivity index (χ3v) is 4.39. The molecule has 0 bridgehead atoms. The van der Waals surface area contributed by atoms with Gasteiger partial charge in [-0.25, -0.2) is 12.8 Å². The van der Waals surface area contributed by atoms with Gasteiger partial charge in [0, 0.05) is 18.0 Å². The van der Waals surface area contributed by atoms with Crippen LogP contribution in [0.4, 0.5) is 10.1 Å². The first-order valence-electron chi connectivity index (χ1n) is 6.18. The number of anilines is 1. The molecule has 21 heavy (non-hydrogen) atoms. The van der Waals surface area contributed by atoms with Crippen LogP contribution >= 0.6 is 0 Å². The summed E-state index contributed by atoms with van der Waals surface area (Å²) in [7, 11) is -3.86. The van der Waals surface area contributed by atoms with Crippen LogP contribution in [0.1, 0.15) is 16.7 Å². The molecule has 2 rings (SSSR count). The molecule has 0 aliphatic carbocycles. The van der Waals surface area contributed by atoms with Gasteiger partial charge in [-0.05, 0) is 43.2 Å². The molecule has 2 N–H and O–H groups in total. The van der Waals surface area contributed by atoms with Gasteiger partial charge in [-0.15, -0.1) is 0 Å². The van der Waals surface area contributed by atoms with Crippen molar-refractivity contribution in [1.29, 1.82) is 0 Å². The molecular weight excluding hydrogens is 295 g/mol. The van der Waals surface area contributed by atoms with Crippen LogP contribution in [-0.2, 0) is 16.6 Å². The van der Waals surface area contributed by atoms with Gasteiger partial charge < -0.3 is 5.11 Å². The number of halogens is 1. The number of aryl methyl sites for hydroxylation is 2. The van der Waals surface area contributed by atoms with Gasteiger partial charge in [0.2, 0.25) is 0 Å². The number of benzene rings is 1. The second kappa shape index (κ2) is 5.79. The maximum absolute atomic E-state index is 13.7. The first-order chi connectivity index (χ1) is 9.85. The van der Waals surface area contributed by atoms with Crippen LogP contribution in [0.2, 0.25) is 0 Å². The average Bonchev–Trinajstić information content (AvgIpc) is 2.44. The topological polar surface area (TPSA) is 79.3 Å². The minimum absolute atomic E-state index is 0.0539. The van der Waals surface area contributed by atoms with E-state index in [1.807, 2.05) is 0 Å². The van der Waals surface area contributed by atoms with E-state index < -0.39 is 22.4 Å². The van der Waals surface area contributed by atoms with Crippen molar-refractivity contribution in [3.8, 4) is 0 Å². The second-order valence-electron chi connectivity index (χ2n) is 4.67. The van der Waals surface area contributed by atoms with Crippen LogP contribution in [0.3, 0.4) is 0 Å². The van der Waals surface area contributed by atoms with Gasteiger partial charge in [0.25, 0.3) is 10.0 Å². The highest BCUT2D eigenvalue weighted by Crippen LogP contribution is 2.22. The molecule has 0 aliphatic rings. The first-order valence-corrected chi connectivity index (χ1v) is 7.67. The summed E-state index contributed by atoms with van der Waals surface area (Å²) in [5.41, 5.74) is 1.18. The number of aliphatic hydroxyl groups is 1. The summed E-state index contributed by atoms with van der Waals surface area (Å²) in [5, 5.41) is 9.10. The van der Waals surface area contributed by atoms with E-state index in [1.165, 1.54) is 31.5 Å². The van der Waals surface area contributed by atoms with E-state index in [1.54, 1.807) is 6.92 Å². The van der Waals surface area contributed by atoms with E-state index >= 15 is 0 Å². The smallest absolute Gasteiger partial charge is 0.261 e. The van der Waals surface area contributed by atoms with Crippen molar-refractivity contribution in [2.24, 2.45) is 0 Å². The highest BCUT2D eigenvalue weighted by atomic mass is 32.2. The maximum atomic E-state index is 13.7. The SMILES string of the molecule is Cc1cnccc1NS(=O)(=O)c1cc(C)c(F)c(CO)c1. The van der Waals surface area contributed by atoms with E-state index in [-0.39, 0.29) is 16.0 Å². The van der Waals surface area contributed by atoms with E-state index in [0.29, 0.717) is 11.3 Å². The van der Waals surface area contributed by atoms with Crippen LogP contribution in [0, 0.1) is 19.7 Å². The van der Waals surface area contributed by atoms with Crippen LogP contribution in [0.15, 0.2) is 35.5 Å². The molecule has 0 aliphatic heterocycles. The Hall–Kier alpha value is -1.99. The van der Waals surface area contributed by atoms with E-state index in [2.05, 4.69) is 9.71 Å². The summed E-state index contributed by atoms with van der Waals surface area (Å²) in [5.74, 6) is -0.600. The predicted molar refractivity (Wildman–Crippen MR) is 76.8 cm³/mol. The van der Waals surface area contributed by atoms with E-state index in [9.17, 15) is 12.8 Å². The lowest BCUT2D eigenvalue weighted by atomic mass is 10.1. The Morgan fingerprint density at radius 1 is 1.29 bits per heavy atom. The molecule has 0 atom stereocenters. The Balaban J connectivity index is 2.45. The molecule has 1 aromatic carbocycles. The van der Waals surface area contributed by atoms with Crippen molar-refractivity contribution in [1.82, 2.24) is 4.98 Å².